The van der Waals surface area contributed by atoms with Gasteiger partial charge in [0.2, 0.25) is 5.91 Å². The van der Waals surface area contributed by atoms with Crippen LogP contribution in [0.1, 0.15) is 206 Å². The summed E-state index contributed by atoms with van der Waals surface area (Å²) < 4.78 is 32.4. The van der Waals surface area contributed by atoms with Gasteiger partial charge >= 0.3 is 0 Å². The smallest absolute Gasteiger partial charge is 0.266 e. The van der Waals surface area contributed by atoms with Crippen molar-refractivity contribution in [3.05, 3.63) is 0 Å². The second kappa shape index (κ2) is 31.9. The number of rotatable bonds is 35. The molecule has 0 spiro atoms. The first-order valence-corrected chi connectivity index (χ1v) is 20.9. The number of aliphatic hydroxyl groups is 2. The van der Waals surface area contributed by atoms with Crippen LogP contribution in [0.2, 0.25) is 0 Å². The van der Waals surface area contributed by atoms with E-state index in [4.69, 9.17) is 0 Å². The Kier molecular flexibility index (Phi) is 31.4. The van der Waals surface area contributed by atoms with Crippen LogP contribution in [0.4, 0.5) is 0 Å². The molecule has 0 aromatic heterocycles. The molecular weight excluding hydrogens is 586 g/mol. The lowest BCUT2D eigenvalue weighted by atomic mass is 10.0. The van der Waals surface area contributed by atoms with E-state index in [2.05, 4.69) is 19.2 Å². The highest BCUT2D eigenvalue weighted by Crippen LogP contribution is 2.16. The summed E-state index contributed by atoms with van der Waals surface area (Å²) in [5, 5.41) is 23.4. The molecule has 0 heterocycles. The van der Waals surface area contributed by atoms with Crippen molar-refractivity contribution in [2.45, 2.75) is 225 Å². The minimum Gasteiger partial charge on any atom is -0.391 e. The van der Waals surface area contributed by atoms with Gasteiger partial charge in [-0.15, -0.1) is 0 Å². The third kappa shape index (κ3) is 31.7. The van der Waals surface area contributed by atoms with Crippen LogP contribution in [-0.4, -0.2) is 53.1 Å². The standard InChI is InChI=1S/C37H75NO6S/c1-3-5-7-9-11-13-15-16-17-18-19-20-22-24-26-28-30-32-36(40)37(41)38-34(33-45(42,43)44)35(39)31-29-27-25-23-21-14-12-10-8-6-4-2/h34-36,39-40H,3-33H2,1-2H3,(H,38,41)(H,42,43,44). The van der Waals surface area contributed by atoms with Crippen LogP contribution in [0.3, 0.4) is 0 Å². The Hall–Kier alpha value is -0.700. The number of hydrogen-bond donors (Lipinski definition) is 4. The van der Waals surface area contributed by atoms with Gasteiger partial charge in [-0.25, -0.2) is 0 Å². The van der Waals surface area contributed by atoms with Gasteiger partial charge in [0.1, 0.15) is 6.10 Å². The van der Waals surface area contributed by atoms with E-state index in [9.17, 15) is 28.0 Å². The molecule has 0 saturated heterocycles. The Morgan fingerprint density at radius 3 is 1.11 bits per heavy atom. The summed E-state index contributed by atoms with van der Waals surface area (Å²) in [7, 11) is -4.40. The Labute approximate surface area is 279 Å². The van der Waals surface area contributed by atoms with Crippen LogP contribution in [0.15, 0.2) is 0 Å². The van der Waals surface area contributed by atoms with Gasteiger partial charge in [-0.05, 0) is 12.8 Å². The molecule has 0 rings (SSSR count). The molecule has 0 fully saturated rings. The summed E-state index contributed by atoms with van der Waals surface area (Å²) >= 11 is 0. The van der Waals surface area contributed by atoms with Crippen molar-refractivity contribution in [2.24, 2.45) is 0 Å². The number of hydrogen-bond acceptors (Lipinski definition) is 5. The molecule has 270 valence electrons. The van der Waals surface area contributed by atoms with Crippen molar-refractivity contribution < 1.29 is 28.0 Å². The lowest BCUT2D eigenvalue weighted by molar-refractivity contribution is -0.131. The lowest BCUT2D eigenvalue weighted by Gasteiger charge is -2.24. The quantitative estimate of drug-likeness (QED) is 0.0396. The molecule has 3 atom stereocenters. The minimum absolute atomic E-state index is 0.303. The highest BCUT2D eigenvalue weighted by molar-refractivity contribution is 7.85. The number of unbranched alkanes of at least 4 members (excludes halogenated alkanes) is 26. The molecule has 0 bridgehead atoms. The number of carbonyl (C=O) groups excluding carboxylic acids is 1. The third-order valence-corrected chi connectivity index (χ3v) is 9.95. The van der Waals surface area contributed by atoms with E-state index in [1.165, 1.54) is 135 Å². The molecule has 0 aromatic carbocycles. The predicted molar refractivity (Wildman–Crippen MR) is 190 cm³/mol. The summed E-state index contributed by atoms with van der Waals surface area (Å²) in [6.45, 7) is 4.49. The Morgan fingerprint density at radius 1 is 0.511 bits per heavy atom. The third-order valence-electron chi connectivity index (χ3n) is 9.17. The van der Waals surface area contributed by atoms with E-state index in [1.54, 1.807) is 0 Å². The van der Waals surface area contributed by atoms with Crippen molar-refractivity contribution >= 4 is 16.0 Å². The molecule has 0 aliphatic heterocycles. The molecule has 0 saturated carbocycles. The minimum atomic E-state index is -4.40. The maximum Gasteiger partial charge on any atom is 0.266 e. The average molecular weight is 662 g/mol. The van der Waals surface area contributed by atoms with Gasteiger partial charge < -0.3 is 15.5 Å². The van der Waals surface area contributed by atoms with Crippen molar-refractivity contribution in [2.75, 3.05) is 5.75 Å². The fourth-order valence-electron chi connectivity index (χ4n) is 6.17. The highest BCUT2D eigenvalue weighted by atomic mass is 32.2. The Morgan fingerprint density at radius 2 is 0.800 bits per heavy atom. The molecule has 8 heteroatoms. The maximum atomic E-state index is 12.6. The molecular formula is C37H75NO6S. The van der Waals surface area contributed by atoms with Crippen molar-refractivity contribution in [3.8, 4) is 0 Å². The number of amides is 1. The zero-order valence-corrected chi connectivity index (χ0v) is 30.4. The first-order valence-electron chi connectivity index (χ1n) is 19.3. The van der Waals surface area contributed by atoms with Crippen LogP contribution in [-0.2, 0) is 14.9 Å². The SMILES string of the molecule is CCCCCCCCCCCCCCCCCCCC(O)C(=O)NC(CS(=O)(=O)O)C(O)CCCCCCCCCCCCC. The molecule has 0 aliphatic rings. The summed E-state index contributed by atoms with van der Waals surface area (Å²) in [6.07, 6.45) is 32.6. The van der Waals surface area contributed by atoms with Crippen molar-refractivity contribution in [1.82, 2.24) is 5.32 Å². The van der Waals surface area contributed by atoms with Gasteiger partial charge in [-0.2, -0.15) is 8.42 Å². The normalized spacial score (nSPS) is 14.0. The number of aliphatic hydroxyl groups excluding tert-OH is 2. The first-order chi connectivity index (χ1) is 21.7. The monoisotopic (exact) mass is 662 g/mol. The van der Waals surface area contributed by atoms with E-state index < -0.39 is 40.0 Å². The van der Waals surface area contributed by atoms with Gasteiger partial charge in [-0.1, -0.05) is 194 Å². The molecule has 4 N–H and O–H groups in total. The number of nitrogens with one attached hydrogen (secondary N) is 1. The Balaban J connectivity index is 3.95. The van der Waals surface area contributed by atoms with E-state index in [1.807, 2.05) is 0 Å². The zero-order chi connectivity index (χ0) is 33.4. The predicted octanol–water partition coefficient (Wildman–Crippen LogP) is 9.82. The van der Waals surface area contributed by atoms with Crippen LogP contribution in [0, 0.1) is 0 Å². The van der Waals surface area contributed by atoms with Gasteiger partial charge in [0.25, 0.3) is 10.1 Å². The fraction of sp³-hybridized carbons (Fsp3) is 0.973. The topological polar surface area (TPSA) is 124 Å². The molecule has 3 unspecified atom stereocenters. The summed E-state index contributed by atoms with van der Waals surface area (Å²) in [4.78, 5) is 12.6. The molecule has 7 nitrogen and oxygen atoms in total. The Bertz CT molecular complexity index is 747. The molecule has 0 aromatic rings. The molecule has 0 aliphatic carbocycles. The van der Waals surface area contributed by atoms with Gasteiger partial charge in [0, 0.05) is 0 Å². The highest BCUT2D eigenvalue weighted by Gasteiger charge is 2.28. The largest absolute Gasteiger partial charge is 0.391 e. The van der Waals surface area contributed by atoms with Crippen molar-refractivity contribution in [3.63, 3.8) is 0 Å². The van der Waals surface area contributed by atoms with Crippen molar-refractivity contribution in [1.29, 1.82) is 0 Å². The first kappa shape index (κ1) is 44.3. The van der Waals surface area contributed by atoms with Crippen LogP contribution < -0.4 is 5.32 Å². The van der Waals surface area contributed by atoms with E-state index in [0.29, 0.717) is 12.8 Å². The second-order valence-corrected chi connectivity index (χ2v) is 15.2. The van der Waals surface area contributed by atoms with Gasteiger partial charge in [0.05, 0.1) is 17.9 Å². The molecule has 0 radical (unpaired) electrons. The van der Waals surface area contributed by atoms with Crippen LogP contribution in [0.25, 0.3) is 0 Å². The van der Waals surface area contributed by atoms with Gasteiger partial charge in [0.15, 0.2) is 0 Å². The van der Waals surface area contributed by atoms with Crippen LogP contribution in [0.5, 0.6) is 0 Å². The van der Waals surface area contributed by atoms with Crippen LogP contribution >= 0.6 is 0 Å². The average Bonchev–Trinajstić information content (AvgIpc) is 3.00. The fourth-order valence-corrected chi connectivity index (χ4v) is 6.93. The molecule has 1 amide bonds. The number of carbonyl (C=O) groups is 1. The van der Waals surface area contributed by atoms with E-state index in [0.717, 1.165) is 44.9 Å². The zero-order valence-electron chi connectivity index (χ0n) is 29.6. The lowest BCUT2D eigenvalue weighted by Crippen LogP contribution is -2.50. The summed E-state index contributed by atoms with van der Waals surface area (Å²) in [5.41, 5.74) is 0. The summed E-state index contributed by atoms with van der Waals surface area (Å²) in [6, 6.07) is -1.14. The van der Waals surface area contributed by atoms with E-state index >= 15 is 0 Å². The van der Waals surface area contributed by atoms with E-state index in [-0.39, 0.29) is 0 Å². The summed E-state index contributed by atoms with van der Waals surface area (Å²) in [5.74, 6) is -1.44. The second-order valence-electron chi connectivity index (χ2n) is 13.7. The molecule has 45 heavy (non-hydrogen) atoms. The maximum absolute atomic E-state index is 12.6. The van der Waals surface area contributed by atoms with Gasteiger partial charge in [-0.3, -0.25) is 9.35 Å².